The Hall–Kier alpha value is -3.66. The van der Waals surface area contributed by atoms with E-state index in [0.29, 0.717) is 40.3 Å². The largest absolute Gasteiger partial charge is 0.513 e. The molecule has 0 radical (unpaired) electrons. The predicted molar refractivity (Wildman–Crippen MR) is 121 cm³/mol. The van der Waals surface area contributed by atoms with Gasteiger partial charge in [0.05, 0.1) is 29.0 Å². The highest BCUT2D eigenvalue weighted by atomic mass is 16.7. The number of carbonyl (C=O) groups excluding carboxylic acids is 1. The van der Waals surface area contributed by atoms with Crippen LogP contribution in [-0.2, 0) is 11.3 Å². The van der Waals surface area contributed by atoms with Crippen molar-refractivity contribution in [3.8, 4) is 17.0 Å². The van der Waals surface area contributed by atoms with Crippen LogP contribution in [0.5, 0.6) is 5.75 Å². The minimum Gasteiger partial charge on any atom is -0.434 e. The lowest BCUT2D eigenvalue weighted by Gasteiger charge is -2.18. The Bertz CT molecular complexity index is 1190. The van der Waals surface area contributed by atoms with E-state index in [4.69, 9.17) is 14.6 Å². The molecule has 1 aliphatic rings. The maximum atomic E-state index is 11.7. The standard InChI is InChI=1S/C22H25N5O5/c1-4-25(5-2)11-12-26-17-9-10-18(27(29)30)21-19(17)20(24-26)15-13-14(7-8-16(15)23-21)32-22(28)31-6-3/h7-10,13,23H,4-6,11-12H2,1-3H3. The molecule has 168 valence electrons. The van der Waals surface area contributed by atoms with Gasteiger partial charge in [0.25, 0.3) is 5.69 Å². The van der Waals surface area contributed by atoms with E-state index in [-0.39, 0.29) is 12.3 Å². The van der Waals surface area contributed by atoms with Crippen LogP contribution < -0.4 is 10.1 Å². The molecule has 0 saturated carbocycles. The van der Waals surface area contributed by atoms with E-state index in [1.807, 2.05) is 4.68 Å². The van der Waals surface area contributed by atoms with E-state index in [1.54, 1.807) is 31.2 Å². The quantitative estimate of drug-likeness (QED) is 0.184. The van der Waals surface area contributed by atoms with E-state index in [9.17, 15) is 14.9 Å². The third-order valence-electron chi connectivity index (χ3n) is 5.59. The van der Waals surface area contributed by atoms with Gasteiger partial charge in [0.15, 0.2) is 0 Å². The zero-order chi connectivity index (χ0) is 22.8. The fraction of sp³-hybridized carbons (Fsp3) is 0.364. The van der Waals surface area contributed by atoms with Gasteiger partial charge in [-0.25, -0.2) is 4.79 Å². The summed E-state index contributed by atoms with van der Waals surface area (Å²) in [6.07, 6.45) is -0.790. The van der Waals surface area contributed by atoms with Crippen molar-refractivity contribution in [2.45, 2.75) is 27.3 Å². The van der Waals surface area contributed by atoms with E-state index >= 15 is 0 Å². The molecule has 0 fully saturated rings. The van der Waals surface area contributed by atoms with Gasteiger partial charge in [-0.3, -0.25) is 14.8 Å². The van der Waals surface area contributed by atoms with Crippen LogP contribution in [0.15, 0.2) is 30.3 Å². The maximum Gasteiger partial charge on any atom is 0.513 e. The second-order valence-corrected chi connectivity index (χ2v) is 7.33. The average molecular weight is 439 g/mol. The summed E-state index contributed by atoms with van der Waals surface area (Å²) in [5.74, 6) is 0.309. The van der Waals surface area contributed by atoms with Crippen molar-refractivity contribution in [2.24, 2.45) is 0 Å². The first-order valence-corrected chi connectivity index (χ1v) is 10.6. The van der Waals surface area contributed by atoms with Gasteiger partial charge in [0, 0.05) is 23.9 Å². The number of nitro benzene ring substituents is 1. The molecule has 0 saturated heterocycles. The predicted octanol–water partition coefficient (Wildman–Crippen LogP) is 4.55. The van der Waals surface area contributed by atoms with E-state index in [0.717, 1.165) is 25.2 Å². The molecule has 0 atom stereocenters. The second-order valence-electron chi connectivity index (χ2n) is 7.33. The van der Waals surface area contributed by atoms with Crippen LogP contribution in [0.2, 0.25) is 0 Å². The minimum absolute atomic E-state index is 0.0143. The molecule has 1 aromatic heterocycles. The summed E-state index contributed by atoms with van der Waals surface area (Å²) in [6.45, 7) is 9.43. The Balaban J connectivity index is 1.82. The zero-order valence-corrected chi connectivity index (χ0v) is 18.3. The fourth-order valence-corrected chi connectivity index (χ4v) is 3.94. The molecule has 3 aromatic rings. The van der Waals surface area contributed by atoms with Crippen molar-refractivity contribution >= 4 is 34.1 Å². The van der Waals surface area contributed by atoms with Crippen LogP contribution in [-0.4, -0.2) is 52.0 Å². The van der Waals surface area contributed by atoms with Crippen molar-refractivity contribution in [3.05, 3.63) is 40.4 Å². The minimum atomic E-state index is -0.790. The number of fused-ring (bicyclic) bond motifs is 2. The highest BCUT2D eigenvalue weighted by Crippen LogP contribution is 2.47. The second kappa shape index (κ2) is 8.83. The van der Waals surface area contributed by atoms with E-state index < -0.39 is 11.1 Å². The molecule has 4 rings (SSSR count). The van der Waals surface area contributed by atoms with E-state index in [2.05, 4.69) is 24.1 Å². The third-order valence-corrected chi connectivity index (χ3v) is 5.59. The summed E-state index contributed by atoms with van der Waals surface area (Å²) in [4.78, 5) is 25.3. The number of hydrogen-bond acceptors (Lipinski definition) is 8. The van der Waals surface area contributed by atoms with Gasteiger partial charge >= 0.3 is 6.16 Å². The van der Waals surface area contributed by atoms with Crippen molar-refractivity contribution in [3.63, 3.8) is 0 Å². The molecule has 10 heteroatoms. The van der Waals surface area contributed by atoms with Crippen molar-refractivity contribution < 1.29 is 19.2 Å². The Morgan fingerprint density at radius 2 is 2.00 bits per heavy atom. The summed E-state index contributed by atoms with van der Waals surface area (Å²) < 4.78 is 12.0. The molecule has 2 aromatic carbocycles. The molecule has 32 heavy (non-hydrogen) atoms. The molecule has 2 heterocycles. The topological polar surface area (TPSA) is 112 Å². The number of rotatable bonds is 8. The van der Waals surface area contributed by atoms with E-state index in [1.165, 1.54) is 6.07 Å². The number of aromatic nitrogens is 2. The normalized spacial score (nSPS) is 11.9. The Morgan fingerprint density at radius 1 is 1.22 bits per heavy atom. The summed E-state index contributed by atoms with van der Waals surface area (Å²) in [6, 6.07) is 8.26. The lowest BCUT2D eigenvalue weighted by Crippen LogP contribution is -2.27. The molecule has 0 spiro atoms. The lowest BCUT2D eigenvalue weighted by molar-refractivity contribution is -0.383. The van der Waals surface area contributed by atoms with Gasteiger partial charge in [0.1, 0.15) is 17.1 Å². The molecular formula is C22H25N5O5. The smallest absolute Gasteiger partial charge is 0.434 e. The molecule has 0 bridgehead atoms. The number of hydrogen-bond donors (Lipinski definition) is 1. The average Bonchev–Trinajstić information content (AvgIpc) is 3.15. The fourth-order valence-electron chi connectivity index (χ4n) is 3.94. The maximum absolute atomic E-state index is 11.7. The Morgan fingerprint density at radius 3 is 2.69 bits per heavy atom. The highest BCUT2D eigenvalue weighted by Gasteiger charge is 2.29. The number of benzene rings is 2. The first-order chi connectivity index (χ1) is 15.5. The molecule has 1 N–H and O–H groups in total. The van der Waals surface area contributed by atoms with Crippen LogP contribution in [0.25, 0.3) is 22.2 Å². The van der Waals surface area contributed by atoms with Crippen LogP contribution in [0.1, 0.15) is 20.8 Å². The summed E-state index contributed by atoms with van der Waals surface area (Å²) in [7, 11) is 0. The zero-order valence-electron chi connectivity index (χ0n) is 18.3. The van der Waals surface area contributed by atoms with Crippen LogP contribution in [0.3, 0.4) is 0 Å². The lowest BCUT2D eigenvalue weighted by atomic mass is 9.99. The van der Waals surface area contributed by atoms with Gasteiger partial charge < -0.3 is 19.7 Å². The van der Waals surface area contributed by atoms with Gasteiger partial charge in [-0.1, -0.05) is 13.8 Å². The number of carbonyl (C=O) groups is 1. The van der Waals surface area contributed by atoms with Gasteiger partial charge in [0.2, 0.25) is 0 Å². The summed E-state index contributed by atoms with van der Waals surface area (Å²) >= 11 is 0. The first-order valence-electron chi connectivity index (χ1n) is 10.6. The molecule has 1 aliphatic heterocycles. The number of ether oxygens (including phenoxy) is 2. The van der Waals surface area contributed by atoms with Crippen LogP contribution in [0, 0.1) is 10.1 Å². The molecule has 0 amide bonds. The Labute approximate surface area is 184 Å². The number of nitrogens with one attached hydrogen (secondary N) is 1. The highest BCUT2D eigenvalue weighted by molar-refractivity contribution is 6.12. The van der Waals surface area contributed by atoms with Gasteiger partial charge in [-0.2, -0.15) is 5.10 Å². The SMILES string of the molecule is CCOC(=O)Oc1ccc2c(c1)-c1nn(CCN(CC)CC)c3ccc([N+](=O)[O-])c(c13)N2. The number of anilines is 2. The summed E-state index contributed by atoms with van der Waals surface area (Å²) in [5.41, 5.74) is 3.18. The molecule has 0 unspecified atom stereocenters. The first kappa shape index (κ1) is 21.6. The summed E-state index contributed by atoms with van der Waals surface area (Å²) in [5, 5.41) is 20.3. The number of nitro groups is 1. The van der Waals surface area contributed by atoms with Crippen molar-refractivity contribution in [2.75, 3.05) is 31.6 Å². The number of nitrogens with zero attached hydrogens (tertiary/aromatic N) is 4. The molecular weight excluding hydrogens is 414 g/mol. The van der Waals surface area contributed by atoms with Crippen LogP contribution >= 0.6 is 0 Å². The van der Waals surface area contributed by atoms with Crippen molar-refractivity contribution in [1.29, 1.82) is 0 Å². The Kier molecular flexibility index (Phi) is 5.95. The monoisotopic (exact) mass is 439 g/mol. The van der Waals surface area contributed by atoms with Crippen LogP contribution in [0.4, 0.5) is 21.9 Å². The molecule has 10 nitrogen and oxygen atoms in total. The third kappa shape index (κ3) is 3.84. The number of likely N-dealkylation sites (N-methyl/N-ethyl adjacent to an activating group) is 1. The van der Waals surface area contributed by atoms with Gasteiger partial charge in [-0.15, -0.1) is 0 Å². The van der Waals surface area contributed by atoms with Gasteiger partial charge in [-0.05, 0) is 44.3 Å². The molecule has 0 aliphatic carbocycles. The van der Waals surface area contributed by atoms with Crippen molar-refractivity contribution in [1.82, 2.24) is 14.7 Å².